The van der Waals surface area contributed by atoms with E-state index in [0.717, 1.165) is 28.6 Å². The monoisotopic (exact) mass is 441 g/mol. The molecule has 1 atom stereocenters. The average Bonchev–Trinajstić information content (AvgIpc) is 3.36. The Bertz CT molecular complexity index is 1090. The van der Waals surface area contributed by atoms with E-state index in [1.807, 2.05) is 13.0 Å². The van der Waals surface area contributed by atoms with Gasteiger partial charge in [-0.25, -0.2) is 0 Å². The molecule has 31 heavy (non-hydrogen) atoms. The molecule has 0 aliphatic carbocycles. The van der Waals surface area contributed by atoms with Crippen molar-refractivity contribution in [2.45, 2.75) is 32.7 Å². The maximum Gasteiger partial charge on any atom is 0.257 e. The van der Waals surface area contributed by atoms with Crippen LogP contribution in [0, 0.1) is 0 Å². The highest BCUT2D eigenvalue weighted by Gasteiger charge is 2.22. The topological polar surface area (TPSA) is 104 Å². The molecule has 0 spiro atoms. The van der Waals surface area contributed by atoms with Crippen LogP contribution >= 0.6 is 11.7 Å². The van der Waals surface area contributed by atoms with Gasteiger partial charge in [-0.2, -0.15) is 8.75 Å². The van der Waals surface area contributed by atoms with Crippen molar-refractivity contribution in [2.75, 3.05) is 24.7 Å². The molecule has 1 amide bonds. The number of carbonyl (C=O) groups excluding carboxylic acids is 1. The van der Waals surface area contributed by atoms with Crippen LogP contribution < -0.4 is 10.6 Å². The van der Waals surface area contributed by atoms with E-state index in [2.05, 4.69) is 39.8 Å². The van der Waals surface area contributed by atoms with Gasteiger partial charge in [0, 0.05) is 14.1 Å². The predicted octanol–water partition coefficient (Wildman–Crippen LogP) is 5.13. The zero-order valence-electron chi connectivity index (χ0n) is 18.3. The van der Waals surface area contributed by atoms with E-state index in [0.29, 0.717) is 23.2 Å². The van der Waals surface area contributed by atoms with Gasteiger partial charge in [-0.1, -0.05) is 32.1 Å². The number of amides is 1. The van der Waals surface area contributed by atoms with E-state index >= 15 is 0 Å². The minimum atomic E-state index is -0.299. The van der Waals surface area contributed by atoms with E-state index in [4.69, 9.17) is 4.42 Å². The zero-order chi connectivity index (χ0) is 22.7. The maximum atomic E-state index is 12.3. The number of furan rings is 1. The number of benzene rings is 1. The Morgan fingerprint density at radius 3 is 2.58 bits per heavy atom. The van der Waals surface area contributed by atoms with E-state index in [1.165, 1.54) is 4.90 Å². The number of phenols is 1. The first kappa shape index (κ1) is 22.4. The van der Waals surface area contributed by atoms with Crippen LogP contribution in [0.3, 0.4) is 0 Å². The highest BCUT2D eigenvalue weighted by Crippen LogP contribution is 2.35. The molecule has 3 N–H and O–H groups in total. The van der Waals surface area contributed by atoms with E-state index in [-0.39, 0.29) is 23.3 Å². The molecule has 3 rings (SSSR count). The molecule has 0 saturated heterocycles. The largest absolute Gasteiger partial charge is 0.505 e. The first-order chi connectivity index (χ1) is 14.7. The van der Waals surface area contributed by atoms with Crippen LogP contribution in [0.25, 0.3) is 0 Å². The van der Waals surface area contributed by atoms with Gasteiger partial charge in [0.2, 0.25) is 0 Å². The van der Waals surface area contributed by atoms with Gasteiger partial charge in [-0.05, 0) is 36.6 Å². The molecule has 0 saturated carbocycles. The van der Waals surface area contributed by atoms with Gasteiger partial charge in [0.15, 0.2) is 17.4 Å². The van der Waals surface area contributed by atoms with Crippen LogP contribution in [0.5, 0.6) is 5.75 Å². The summed E-state index contributed by atoms with van der Waals surface area (Å²) in [7, 11) is 3.26. The lowest BCUT2D eigenvalue weighted by atomic mass is 10.0. The Kier molecular flexibility index (Phi) is 6.65. The normalized spacial score (nSPS) is 11.9. The van der Waals surface area contributed by atoms with Crippen molar-refractivity contribution >= 4 is 35.0 Å². The van der Waals surface area contributed by atoms with Crippen molar-refractivity contribution in [2.24, 2.45) is 0 Å². The van der Waals surface area contributed by atoms with Crippen molar-refractivity contribution < 1.29 is 14.3 Å². The van der Waals surface area contributed by atoms with Gasteiger partial charge in [-0.15, -0.1) is 0 Å². The summed E-state index contributed by atoms with van der Waals surface area (Å²) in [6.45, 7) is 10.2. The number of para-hydroxylation sites is 1. The number of rotatable bonds is 8. The summed E-state index contributed by atoms with van der Waals surface area (Å²) in [6, 6.07) is 6.64. The van der Waals surface area contributed by atoms with E-state index < -0.39 is 0 Å². The first-order valence-electron chi connectivity index (χ1n) is 9.82. The summed E-state index contributed by atoms with van der Waals surface area (Å²) in [5, 5.41) is 17.0. The van der Waals surface area contributed by atoms with Crippen molar-refractivity contribution in [3.05, 3.63) is 59.6 Å². The maximum absolute atomic E-state index is 12.3. The molecule has 3 aromatic rings. The fourth-order valence-electron chi connectivity index (χ4n) is 2.95. The highest BCUT2D eigenvalue weighted by molar-refractivity contribution is 6.99. The number of hydrogen-bond acceptors (Lipinski definition) is 8. The molecule has 2 aromatic heterocycles. The molecule has 9 heteroatoms. The SMILES string of the molecule is C=C(C)C(Nc1nsnc1Nc1cccc(C(=O)N(C)C)c1O)c1cc(C(C)C)co1. The number of carbonyl (C=O) groups is 1. The molecule has 0 aliphatic rings. The first-order valence-corrected chi connectivity index (χ1v) is 10.6. The molecule has 1 aromatic carbocycles. The molecule has 2 heterocycles. The summed E-state index contributed by atoms with van der Waals surface area (Å²) in [4.78, 5) is 13.7. The van der Waals surface area contributed by atoms with Gasteiger partial charge >= 0.3 is 0 Å². The quantitative estimate of drug-likeness (QED) is 0.329. The van der Waals surface area contributed by atoms with Gasteiger partial charge in [0.25, 0.3) is 5.91 Å². The third kappa shape index (κ3) is 4.88. The fraction of sp³-hybridized carbons (Fsp3) is 0.318. The minimum Gasteiger partial charge on any atom is -0.505 e. The second kappa shape index (κ2) is 9.22. The van der Waals surface area contributed by atoms with Crippen molar-refractivity contribution in [1.29, 1.82) is 0 Å². The second-order valence-electron chi connectivity index (χ2n) is 7.85. The molecule has 164 valence electrons. The third-order valence-electron chi connectivity index (χ3n) is 4.78. The summed E-state index contributed by atoms with van der Waals surface area (Å²) >= 11 is 1.02. The summed E-state index contributed by atoms with van der Waals surface area (Å²) in [5.74, 6) is 1.56. The highest BCUT2D eigenvalue weighted by atomic mass is 32.1. The van der Waals surface area contributed by atoms with Crippen LogP contribution in [0.1, 0.15) is 54.4 Å². The number of aromatic nitrogens is 2. The smallest absolute Gasteiger partial charge is 0.257 e. The lowest BCUT2D eigenvalue weighted by Crippen LogP contribution is -2.21. The number of aromatic hydroxyl groups is 1. The number of hydrogen-bond donors (Lipinski definition) is 3. The molecule has 0 bridgehead atoms. The van der Waals surface area contributed by atoms with E-state index in [1.54, 1.807) is 38.6 Å². The molecule has 0 fully saturated rings. The van der Waals surface area contributed by atoms with E-state index in [9.17, 15) is 9.90 Å². The van der Waals surface area contributed by atoms with Crippen LogP contribution in [0.15, 0.2) is 47.1 Å². The number of anilines is 3. The fourth-order valence-corrected chi connectivity index (χ4v) is 3.42. The second-order valence-corrected chi connectivity index (χ2v) is 8.38. The Balaban J connectivity index is 1.86. The third-order valence-corrected chi connectivity index (χ3v) is 5.31. The molecule has 8 nitrogen and oxygen atoms in total. The standard InChI is InChI=1S/C22H27N5O3S/c1-12(2)14-10-17(30-11-14)18(13(3)4)24-21-20(25-31-26-21)23-16-9-7-8-15(19(16)28)22(29)27(5)6/h7-12,18,28H,3H2,1-2,4-6H3,(H,23,25)(H,24,26). The van der Waals surface area contributed by atoms with Crippen molar-refractivity contribution in [3.8, 4) is 5.75 Å². The number of phenolic OH excluding ortho intramolecular Hbond substituents is 1. The zero-order valence-corrected chi connectivity index (χ0v) is 19.1. The Labute approximate surface area is 185 Å². The lowest BCUT2D eigenvalue weighted by Gasteiger charge is -2.18. The molecule has 0 radical (unpaired) electrons. The van der Waals surface area contributed by atoms with Crippen molar-refractivity contribution in [1.82, 2.24) is 13.6 Å². The Morgan fingerprint density at radius 1 is 1.26 bits per heavy atom. The van der Waals surface area contributed by atoms with Crippen LogP contribution in [0.2, 0.25) is 0 Å². The Hall–Kier alpha value is -3.33. The van der Waals surface area contributed by atoms with Crippen LogP contribution in [-0.2, 0) is 0 Å². The van der Waals surface area contributed by atoms with Crippen LogP contribution in [-0.4, -0.2) is 38.8 Å². The van der Waals surface area contributed by atoms with Gasteiger partial charge in [0.05, 0.1) is 29.2 Å². The van der Waals surface area contributed by atoms with Gasteiger partial charge in [0.1, 0.15) is 11.8 Å². The summed E-state index contributed by atoms with van der Waals surface area (Å²) in [5.41, 5.74) is 2.51. The number of nitrogens with zero attached hydrogens (tertiary/aromatic N) is 3. The minimum absolute atomic E-state index is 0.149. The Morgan fingerprint density at radius 2 is 1.97 bits per heavy atom. The van der Waals surface area contributed by atoms with Gasteiger partial charge < -0.3 is 25.1 Å². The summed E-state index contributed by atoms with van der Waals surface area (Å²) < 4.78 is 14.4. The lowest BCUT2D eigenvalue weighted by molar-refractivity contribution is 0.0824. The average molecular weight is 442 g/mol. The summed E-state index contributed by atoms with van der Waals surface area (Å²) in [6.07, 6.45) is 1.75. The molecular weight excluding hydrogens is 414 g/mol. The predicted molar refractivity (Wildman–Crippen MR) is 123 cm³/mol. The molecular formula is C22H27N5O3S. The van der Waals surface area contributed by atoms with Crippen LogP contribution in [0.4, 0.5) is 17.3 Å². The molecule has 1 unspecified atom stereocenters. The van der Waals surface area contributed by atoms with Gasteiger partial charge in [-0.3, -0.25) is 4.79 Å². The molecule has 0 aliphatic heterocycles. The van der Waals surface area contributed by atoms with Crippen molar-refractivity contribution in [3.63, 3.8) is 0 Å². The number of nitrogens with one attached hydrogen (secondary N) is 2.